The van der Waals surface area contributed by atoms with Crippen LogP contribution in [0, 0.1) is 6.92 Å². The van der Waals surface area contributed by atoms with Crippen LogP contribution in [0.2, 0.25) is 0 Å². The van der Waals surface area contributed by atoms with Crippen LogP contribution in [0.3, 0.4) is 0 Å². The molecule has 1 fully saturated rings. The van der Waals surface area contributed by atoms with Crippen molar-refractivity contribution in [1.29, 1.82) is 0 Å². The second-order valence-electron chi connectivity index (χ2n) is 7.53. The van der Waals surface area contributed by atoms with Crippen molar-refractivity contribution in [2.24, 2.45) is 0 Å². The third-order valence-corrected chi connectivity index (χ3v) is 7.21. The van der Waals surface area contributed by atoms with Crippen molar-refractivity contribution in [3.05, 3.63) is 42.5 Å². The van der Waals surface area contributed by atoms with Crippen molar-refractivity contribution < 1.29 is 37.6 Å². The maximum Gasteiger partial charge on any atom is 0.241 e. The van der Waals surface area contributed by atoms with E-state index in [1.807, 2.05) is 6.92 Å². The molecule has 30 heavy (non-hydrogen) atoms. The van der Waals surface area contributed by atoms with Gasteiger partial charge in [0.25, 0.3) is 0 Å². The number of hydrogen-bond donors (Lipinski definition) is 3. The van der Waals surface area contributed by atoms with Gasteiger partial charge in [-0.05, 0) is 32.9 Å². The van der Waals surface area contributed by atoms with Crippen LogP contribution < -0.4 is 4.72 Å². The monoisotopic (exact) mass is 445 g/mol. The number of ether oxygens (including phenoxy) is 4. The Morgan fingerprint density at radius 1 is 1.30 bits per heavy atom. The second-order valence-corrected chi connectivity index (χ2v) is 9.22. The zero-order valence-corrected chi connectivity index (χ0v) is 18.7. The summed E-state index contributed by atoms with van der Waals surface area (Å²) in [5.41, 5.74) is -0.952. The molecule has 5 atom stereocenters. The average molecular weight is 446 g/mol. The van der Waals surface area contributed by atoms with E-state index in [4.69, 9.17) is 18.9 Å². The minimum Gasteiger partial charge on any atom is -0.394 e. The van der Waals surface area contributed by atoms with Crippen molar-refractivity contribution in [2.75, 3.05) is 27.4 Å². The van der Waals surface area contributed by atoms with Crippen LogP contribution in [0.1, 0.15) is 19.4 Å². The van der Waals surface area contributed by atoms with Crippen LogP contribution in [-0.2, 0) is 29.0 Å². The predicted molar refractivity (Wildman–Crippen MR) is 109 cm³/mol. The highest BCUT2D eigenvalue weighted by molar-refractivity contribution is 7.89. The lowest BCUT2D eigenvalue weighted by Gasteiger charge is -2.51. The topological polar surface area (TPSA) is 124 Å². The van der Waals surface area contributed by atoms with Gasteiger partial charge in [-0.25, -0.2) is 8.42 Å². The Bertz CT molecular complexity index is 845. The molecule has 0 spiro atoms. The highest BCUT2D eigenvalue weighted by atomic mass is 32.2. The van der Waals surface area contributed by atoms with Gasteiger partial charge < -0.3 is 29.2 Å². The van der Waals surface area contributed by atoms with E-state index in [1.165, 1.54) is 26.4 Å². The van der Waals surface area contributed by atoms with Crippen LogP contribution >= 0.6 is 0 Å². The van der Waals surface area contributed by atoms with Crippen LogP contribution in [0.4, 0.5) is 0 Å². The molecule has 10 heteroatoms. The summed E-state index contributed by atoms with van der Waals surface area (Å²) in [7, 11) is -1.28. The van der Waals surface area contributed by atoms with E-state index >= 15 is 0 Å². The van der Waals surface area contributed by atoms with E-state index < -0.39 is 46.0 Å². The van der Waals surface area contributed by atoms with Crippen LogP contribution in [-0.4, -0.2) is 75.4 Å². The third kappa shape index (κ3) is 4.46. The molecule has 1 aromatic rings. The molecule has 1 aliphatic rings. The fraction of sp³-hybridized carbons (Fsp3) is 0.600. The maximum atomic E-state index is 12.9. The van der Waals surface area contributed by atoms with E-state index in [-0.39, 0.29) is 11.5 Å². The first-order valence-electron chi connectivity index (χ1n) is 9.38. The fourth-order valence-electron chi connectivity index (χ4n) is 3.21. The van der Waals surface area contributed by atoms with Crippen molar-refractivity contribution in [3.63, 3.8) is 0 Å². The quantitative estimate of drug-likeness (QED) is 0.475. The van der Waals surface area contributed by atoms with E-state index in [2.05, 4.69) is 11.3 Å². The van der Waals surface area contributed by atoms with E-state index in [1.54, 1.807) is 26.0 Å². The number of aliphatic hydroxyl groups excluding tert-OH is 2. The molecular weight excluding hydrogens is 414 g/mol. The van der Waals surface area contributed by atoms with Crippen molar-refractivity contribution in [3.8, 4) is 0 Å². The third-order valence-electron chi connectivity index (χ3n) is 5.66. The number of nitrogens with one attached hydrogen (secondary N) is 1. The molecule has 1 heterocycles. The highest BCUT2D eigenvalue weighted by Gasteiger charge is 2.56. The molecule has 2 rings (SSSR count). The molecule has 1 aliphatic heterocycles. The summed E-state index contributed by atoms with van der Waals surface area (Å²) in [5.74, 6) is -2.68. The Morgan fingerprint density at radius 2 is 1.87 bits per heavy atom. The average Bonchev–Trinajstić information content (AvgIpc) is 2.73. The molecule has 0 bridgehead atoms. The molecule has 9 nitrogen and oxygen atoms in total. The largest absolute Gasteiger partial charge is 0.394 e. The van der Waals surface area contributed by atoms with Crippen LogP contribution in [0.25, 0.3) is 0 Å². The van der Waals surface area contributed by atoms with Gasteiger partial charge >= 0.3 is 0 Å². The minimum absolute atomic E-state index is 0.0190. The number of hydrogen-bond acceptors (Lipinski definition) is 8. The summed E-state index contributed by atoms with van der Waals surface area (Å²) in [4.78, 5) is -0.0190. The first-order valence-corrected chi connectivity index (χ1v) is 10.9. The molecule has 170 valence electrons. The van der Waals surface area contributed by atoms with Gasteiger partial charge in [-0.15, -0.1) is 6.58 Å². The van der Waals surface area contributed by atoms with Crippen molar-refractivity contribution in [2.45, 2.75) is 55.0 Å². The van der Waals surface area contributed by atoms with Gasteiger partial charge in [0.2, 0.25) is 21.6 Å². The summed E-state index contributed by atoms with van der Waals surface area (Å²) in [6.45, 7) is 7.71. The molecule has 1 aromatic carbocycles. The number of aliphatic hydroxyl groups is 2. The Hall–Kier alpha value is -1.37. The standard InChI is InChI=1S/C20H31NO8S/c1-7-20(13-22,21-30(24,25)15-10-8-14(2)9-11-15)17(23)16-12-28-18(3,26-5)19(4,27-6)29-16/h7-11,16-17,21-23H,1,12-13H2,2-6H3/t16-,17-,18-,19-,20+/m1/s1. The molecule has 0 amide bonds. The smallest absolute Gasteiger partial charge is 0.241 e. The molecular formula is C20H31NO8S. The normalized spacial score (nSPS) is 30.4. The van der Waals surface area contributed by atoms with Gasteiger partial charge in [0, 0.05) is 14.2 Å². The summed E-state index contributed by atoms with van der Waals surface area (Å²) in [6.07, 6.45) is -1.48. The lowest BCUT2D eigenvalue weighted by Crippen LogP contribution is -2.69. The van der Waals surface area contributed by atoms with Gasteiger partial charge in [-0.1, -0.05) is 23.8 Å². The first-order chi connectivity index (χ1) is 13.9. The first kappa shape index (κ1) is 24.9. The molecule has 0 aliphatic carbocycles. The SMILES string of the molecule is C=C[C@@](CO)(NS(=O)(=O)c1ccc(C)cc1)[C@H](O)[C@H]1CO[C@@](C)(OC)[C@](C)(OC)O1. The molecule has 0 saturated carbocycles. The van der Waals surface area contributed by atoms with E-state index in [0.29, 0.717) is 0 Å². The lowest BCUT2D eigenvalue weighted by atomic mass is 9.89. The lowest BCUT2D eigenvalue weighted by molar-refractivity contribution is -0.438. The van der Waals surface area contributed by atoms with Gasteiger partial charge in [-0.2, -0.15) is 4.72 Å². The molecule has 0 aromatic heterocycles. The van der Waals surface area contributed by atoms with Crippen LogP contribution in [0.15, 0.2) is 41.8 Å². The molecule has 0 radical (unpaired) electrons. The van der Waals surface area contributed by atoms with Crippen LogP contribution in [0.5, 0.6) is 0 Å². The Morgan fingerprint density at radius 3 is 2.33 bits per heavy atom. The van der Waals surface area contributed by atoms with Crippen molar-refractivity contribution >= 4 is 10.0 Å². The van der Waals surface area contributed by atoms with Crippen molar-refractivity contribution in [1.82, 2.24) is 4.72 Å². The number of benzene rings is 1. The number of methoxy groups -OCH3 is 2. The predicted octanol–water partition coefficient (Wildman–Crippen LogP) is 0.692. The zero-order chi connectivity index (χ0) is 22.8. The summed E-state index contributed by atoms with van der Waals surface area (Å²) in [6, 6.07) is 6.16. The van der Waals surface area contributed by atoms with Gasteiger partial charge in [0.05, 0.1) is 18.1 Å². The maximum absolute atomic E-state index is 12.9. The Kier molecular flexibility index (Phi) is 7.48. The second kappa shape index (κ2) is 9.01. The number of rotatable bonds is 9. The summed E-state index contributed by atoms with van der Waals surface area (Å²) < 4.78 is 50.6. The highest BCUT2D eigenvalue weighted by Crippen LogP contribution is 2.38. The van der Waals surface area contributed by atoms with E-state index in [0.717, 1.165) is 11.6 Å². The summed E-state index contributed by atoms with van der Waals surface area (Å²) in [5, 5.41) is 21.1. The fourth-order valence-corrected chi connectivity index (χ4v) is 4.59. The Balaban J connectivity index is 2.34. The molecule has 3 N–H and O–H groups in total. The van der Waals surface area contributed by atoms with Gasteiger partial charge in [0.1, 0.15) is 17.7 Å². The van der Waals surface area contributed by atoms with Gasteiger partial charge in [0.15, 0.2) is 0 Å². The Labute approximate surface area is 177 Å². The molecule has 0 unspecified atom stereocenters. The zero-order valence-electron chi connectivity index (χ0n) is 17.9. The van der Waals surface area contributed by atoms with Gasteiger partial charge in [-0.3, -0.25) is 0 Å². The summed E-state index contributed by atoms with van der Waals surface area (Å²) >= 11 is 0. The minimum atomic E-state index is -4.10. The van der Waals surface area contributed by atoms with E-state index in [9.17, 15) is 18.6 Å². The number of sulfonamides is 1. The molecule has 1 saturated heterocycles. The number of aryl methyl sites for hydroxylation is 1.